The van der Waals surface area contributed by atoms with E-state index in [1.807, 2.05) is 58.4 Å². The van der Waals surface area contributed by atoms with Gasteiger partial charge in [-0.25, -0.2) is 4.79 Å². The molecule has 0 atom stereocenters. The predicted molar refractivity (Wildman–Crippen MR) is 152 cm³/mol. The maximum absolute atomic E-state index is 12.3. The maximum Gasteiger partial charge on any atom is 0.410 e. The number of aromatic nitrogens is 4. The molecule has 0 spiro atoms. The molecule has 1 saturated heterocycles. The van der Waals surface area contributed by atoms with Gasteiger partial charge in [0.25, 0.3) is 0 Å². The third kappa shape index (κ3) is 6.09. The van der Waals surface area contributed by atoms with Crippen molar-refractivity contribution in [2.24, 2.45) is 7.05 Å². The van der Waals surface area contributed by atoms with Gasteiger partial charge in [-0.2, -0.15) is 10.2 Å². The molecule has 38 heavy (non-hydrogen) atoms. The molecule has 5 rings (SSSR count). The molecule has 0 radical (unpaired) electrons. The molecule has 2 aromatic heterocycles. The van der Waals surface area contributed by atoms with Crippen molar-refractivity contribution in [3.63, 3.8) is 0 Å². The second-order valence-electron chi connectivity index (χ2n) is 10.7. The van der Waals surface area contributed by atoms with Gasteiger partial charge < -0.3 is 9.64 Å². The highest BCUT2D eigenvalue weighted by atomic mass is 35.5. The van der Waals surface area contributed by atoms with Gasteiger partial charge in [0.2, 0.25) is 0 Å². The van der Waals surface area contributed by atoms with Crippen LogP contribution in [0.2, 0.25) is 5.02 Å². The molecule has 2 aromatic carbocycles. The van der Waals surface area contributed by atoms with Crippen LogP contribution in [-0.2, 0) is 18.3 Å². The second-order valence-corrected chi connectivity index (χ2v) is 11.1. The summed E-state index contributed by atoms with van der Waals surface area (Å²) < 4.78 is 7.28. The molecule has 1 N–H and O–H groups in total. The Hall–Kier alpha value is -3.62. The van der Waals surface area contributed by atoms with Gasteiger partial charge in [-0.15, -0.1) is 0 Å². The minimum absolute atomic E-state index is 0.233. The van der Waals surface area contributed by atoms with E-state index in [9.17, 15) is 4.79 Å². The average Bonchev–Trinajstić information content (AvgIpc) is 3.47. The molecular weight excluding hydrogens is 500 g/mol. The summed E-state index contributed by atoms with van der Waals surface area (Å²) in [4.78, 5) is 16.5. The Morgan fingerprint density at radius 3 is 2.50 bits per heavy atom. The zero-order valence-corrected chi connectivity index (χ0v) is 23.0. The highest BCUT2D eigenvalue weighted by Gasteiger charge is 2.25. The Labute approximate surface area is 227 Å². The van der Waals surface area contributed by atoms with Crippen LogP contribution in [0.15, 0.2) is 48.8 Å². The lowest BCUT2D eigenvalue weighted by molar-refractivity contribution is 0.0139. The van der Waals surface area contributed by atoms with E-state index in [-0.39, 0.29) is 6.09 Å². The summed E-state index contributed by atoms with van der Waals surface area (Å²) in [6.45, 7) is 9.50. The van der Waals surface area contributed by atoms with E-state index in [2.05, 4.69) is 50.5 Å². The van der Waals surface area contributed by atoms with Crippen molar-refractivity contribution in [3.05, 3.63) is 70.6 Å². The van der Waals surface area contributed by atoms with Crippen LogP contribution in [0, 0.1) is 0 Å². The van der Waals surface area contributed by atoms with Crippen molar-refractivity contribution in [1.29, 1.82) is 0 Å². The standard InChI is InChI=1S/C29H33ClN6O2/c1-29(2,3)38-28(37)36-13-11-35(12-14-36)19-20-5-8-22(9-6-20)23-15-24-26(32-33-27(24)16-25(23)30)10-7-21-17-31-34(4)18-21/h5-10,15-18H,11-14,19H2,1-4H3,(H,32,33)/b10-7+. The fourth-order valence-electron chi connectivity index (χ4n) is 4.57. The highest BCUT2D eigenvalue weighted by molar-refractivity contribution is 6.34. The fraction of sp³-hybridized carbons (Fsp3) is 0.345. The van der Waals surface area contributed by atoms with Crippen LogP contribution >= 0.6 is 11.6 Å². The minimum Gasteiger partial charge on any atom is -0.444 e. The number of amides is 1. The number of hydrogen-bond acceptors (Lipinski definition) is 5. The van der Waals surface area contributed by atoms with Gasteiger partial charge in [0.15, 0.2) is 0 Å². The first-order chi connectivity index (χ1) is 18.1. The fourth-order valence-corrected chi connectivity index (χ4v) is 4.84. The number of carbonyl (C=O) groups excluding carboxylic acids is 1. The third-order valence-electron chi connectivity index (χ3n) is 6.53. The summed E-state index contributed by atoms with van der Waals surface area (Å²) in [6, 6.07) is 12.5. The topological polar surface area (TPSA) is 79.3 Å². The Morgan fingerprint density at radius 1 is 1.11 bits per heavy atom. The third-order valence-corrected chi connectivity index (χ3v) is 6.85. The number of nitrogens with zero attached hydrogens (tertiary/aromatic N) is 5. The molecule has 9 heteroatoms. The molecule has 0 unspecified atom stereocenters. The van der Waals surface area contributed by atoms with Gasteiger partial charge in [0, 0.05) is 62.5 Å². The van der Waals surface area contributed by atoms with Crippen LogP contribution < -0.4 is 0 Å². The van der Waals surface area contributed by atoms with E-state index in [1.54, 1.807) is 9.58 Å². The van der Waals surface area contributed by atoms with Crippen molar-refractivity contribution in [2.45, 2.75) is 32.9 Å². The van der Waals surface area contributed by atoms with E-state index in [1.165, 1.54) is 5.56 Å². The number of nitrogens with one attached hydrogen (secondary N) is 1. The van der Waals surface area contributed by atoms with Crippen LogP contribution in [0.4, 0.5) is 4.79 Å². The highest BCUT2D eigenvalue weighted by Crippen LogP contribution is 2.33. The Bertz CT molecular complexity index is 1460. The molecule has 1 aliphatic heterocycles. The molecule has 0 bridgehead atoms. The average molecular weight is 533 g/mol. The molecule has 8 nitrogen and oxygen atoms in total. The molecule has 3 heterocycles. The summed E-state index contributed by atoms with van der Waals surface area (Å²) in [6.07, 6.45) is 7.52. The van der Waals surface area contributed by atoms with E-state index in [0.717, 1.165) is 52.9 Å². The zero-order chi connectivity index (χ0) is 26.9. The number of fused-ring (bicyclic) bond motifs is 1. The van der Waals surface area contributed by atoms with Crippen molar-refractivity contribution in [1.82, 2.24) is 29.8 Å². The lowest BCUT2D eigenvalue weighted by atomic mass is 10.0. The van der Waals surface area contributed by atoms with Crippen molar-refractivity contribution in [3.8, 4) is 11.1 Å². The number of hydrogen-bond donors (Lipinski definition) is 1. The molecule has 198 valence electrons. The largest absolute Gasteiger partial charge is 0.444 e. The summed E-state index contributed by atoms with van der Waals surface area (Å²) in [5.74, 6) is 0. The zero-order valence-electron chi connectivity index (χ0n) is 22.2. The lowest BCUT2D eigenvalue weighted by Crippen LogP contribution is -2.49. The van der Waals surface area contributed by atoms with Crippen molar-refractivity contribution < 1.29 is 9.53 Å². The summed E-state index contributed by atoms with van der Waals surface area (Å²) >= 11 is 6.67. The quantitative estimate of drug-likeness (QED) is 0.349. The van der Waals surface area contributed by atoms with Crippen molar-refractivity contribution >= 4 is 40.7 Å². The van der Waals surface area contributed by atoms with Gasteiger partial charge in [-0.1, -0.05) is 35.9 Å². The second kappa shape index (κ2) is 10.6. The normalized spacial score (nSPS) is 15.0. The van der Waals surface area contributed by atoms with Gasteiger partial charge in [0.1, 0.15) is 5.60 Å². The number of ether oxygens (including phenoxy) is 1. The van der Waals surface area contributed by atoms with Crippen LogP contribution in [0.25, 0.3) is 34.2 Å². The number of aromatic amines is 1. The summed E-state index contributed by atoms with van der Waals surface area (Å²) in [7, 11) is 1.90. The van der Waals surface area contributed by atoms with Crippen LogP contribution in [-0.4, -0.2) is 67.7 Å². The minimum atomic E-state index is -0.473. The number of aryl methyl sites for hydroxylation is 1. The molecule has 1 aliphatic rings. The monoisotopic (exact) mass is 532 g/mol. The van der Waals surface area contributed by atoms with E-state index < -0.39 is 5.60 Å². The summed E-state index contributed by atoms with van der Waals surface area (Å²) in [5, 5.41) is 13.4. The number of piperazine rings is 1. The summed E-state index contributed by atoms with van der Waals surface area (Å²) in [5.41, 5.74) is 5.53. The van der Waals surface area contributed by atoms with Crippen molar-refractivity contribution in [2.75, 3.05) is 26.2 Å². The van der Waals surface area contributed by atoms with Crippen LogP contribution in [0.5, 0.6) is 0 Å². The SMILES string of the molecule is Cn1cc(/C=C/c2n[nH]c3cc(Cl)c(-c4ccc(CN5CCN(C(=O)OC(C)(C)C)CC5)cc4)cc23)cn1. The maximum atomic E-state index is 12.3. The Balaban J connectivity index is 1.25. The van der Waals surface area contributed by atoms with Gasteiger partial charge >= 0.3 is 6.09 Å². The molecule has 4 aromatic rings. The molecule has 0 saturated carbocycles. The lowest BCUT2D eigenvalue weighted by Gasteiger charge is -2.35. The predicted octanol–water partition coefficient (Wildman–Crippen LogP) is 5.84. The van der Waals surface area contributed by atoms with Gasteiger partial charge in [-0.05, 0) is 56.2 Å². The Morgan fingerprint density at radius 2 is 1.84 bits per heavy atom. The smallest absolute Gasteiger partial charge is 0.410 e. The van der Waals surface area contributed by atoms with Crippen LogP contribution in [0.1, 0.15) is 37.6 Å². The first-order valence-electron chi connectivity index (χ1n) is 12.8. The van der Waals surface area contributed by atoms with E-state index in [4.69, 9.17) is 16.3 Å². The first kappa shape index (κ1) is 26.0. The van der Waals surface area contributed by atoms with Crippen LogP contribution in [0.3, 0.4) is 0 Å². The number of carbonyl (C=O) groups is 1. The van der Waals surface area contributed by atoms with E-state index >= 15 is 0 Å². The number of rotatable bonds is 5. The molecule has 0 aliphatic carbocycles. The number of halogens is 1. The Kier molecular flexibility index (Phi) is 7.27. The van der Waals surface area contributed by atoms with E-state index in [0.29, 0.717) is 18.1 Å². The number of H-pyrrole nitrogens is 1. The first-order valence-corrected chi connectivity index (χ1v) is 13.2. The molecule has 1 amide bonds. The van der Waals surface area contributed by atoms with Gasteiger partial charge in [0.05, 0.1) is 22.4 Å². The van der Waals surface area contributed by atoms with Gasteiger partial charge in [-0.3, -0.25) is 14.7 Å². The molecular formula is C29H33ClN6O2. The number of benzene rings is 2. The molecule has 1 fully saturated rings.